The smallest absolute Gasteiger partial charge is 0.167 e. The maximum absolute atomic E-state index is 5.77. The molecule has 1 atom stereocenters. The van der Waals surface area contributed by atoms with Crippen molar-refractivity contribution in [1.82, 2.24) is 4.90 Å². The van der Waals surface area contributed by atoms with Crippen molar-refractivity contribution in [3.63, 3.8) is 0 Å². The van der Waals surface area contributed by atoms with Crippen molar-refractivity contribution in [2.75, 3.05) is 33.9 Å². The van der Waals surface area contributed by atoms with Crippen LogP contribution in [-0.4, -0.2) is 44.5 Å². The van der Waals surface area contributed by atoms with Gasteiger partial charge in [0, 0.05) is 20.1 Å². The molecular weight excluding hydrogens is 310 g/mol. The molecule has 0 spiro atoms. The summed E-state index contributed by atoms with van der Waals surface area (Å²) in [5.74, 6) is 0.985. The molecule has 3 nitrogen and oxygen atoms in total. The van der Waals surface area contributed by atoms with Gasteiger partial charge < -0.3 is 14.4 Å². The number of hydrogen-bond donors (Lipinski definition) is 0. The van der Waals surface area contributed by atoms with Crippen LogP contribution in [-0.2, 0) is 9.47 Å². The Morgan fingerprint density at radius 1 is 0.920 bits per heavy atom. The predicted molar refractivity (Wildman–Crippen MR) is 108 cm³/mol. The molecule has 0 aliphatic carbocycles. The fourth-order valence-corrected chi connectivity index (χ4v) is 4.10. The van der Waals surface area contributed by atoms with Crippen LogP contribution in [0, 0.1) is 11.8 Å². The predicted octanol–water partition coefficient (Wildman–Crippen LogP) is 5.87. The van der Waals surface area contributed by atoms with E-state index in [4.69, 9.17) is 9.47 Å². The molecule has 3 heteroatoms. The Balaban J connectivity index is 2.34. The van der Waals surface area contributed by atoms with Crippen molar-refractivity contribution in [1.29, 1.82) is 0 Å². The largest absolute Gasteiger partial charge is 0.353 e. The maximum atomic E-state index is 5.77. The van der Waals surface area contributed by atoms with Gasteiger partial charge in [0.1, 0.15) is 0 Å². The van der Waals surface area contributed by atoms with Gasteiger partial charge in [-0.1, -0.05) is 52.4 Å². The Hall–Kier alpha value is -0.120. The first-order valence-electron chi connectivity index (χ1n) is 10.9. The molecule has 25 heavy (non-hydrogen) atoms. The zero-order valence-corrected chi connectivity index (χ0v) is 17.8. The lowest BCUT2D eigenvalue weighted by atomic mass is 9.88. The van der Waals surface area contributed by atoms with Crippen LogP contribution in [0.25, 0.3) is 0 Å². The number of unbranched alkanes of at least 4 members (excludes halogenated alkanes) is 5. The topological polar surface area (TPSA) is 21.7 Å². The van der Waals surface area contributed by atoms with E-state index < -0.39 is 5.79 Å². The summed E-state index contributed by atoms with van der Waals surface area (Å²) in [4.78, 5) is 2.65. The van der Waals surface area contributed by atoms with Gasteiger partial charge in [-0.3, -0.25) is 0 Å². The second-order valence-electron chi connectivity index (χ2n) is 8.34. The van der Waals surface area contributed by atoms with Crippen molar-refractivity contribution >= 4 is 0 Å². The van der Waals surface area contributed by atoms with E-state index in [1.807, 2.05) is 0 Å². The lowest BCUT2D eigenvalue weighted by Crippen LogP contribution is -2.40. The van der Waals surface area contributed by atoms with Crippen LogP contribution in [0.1, 0.15) is 91.4 Å². The van der Waals surface area contributed by atoms with Crippen LogP contribution in [0.4, 0.5) is 0 Å². The summed E-state index contributed by atoms with van der Waals surface area (Å²) in [6.45, 7) is 10.6. The van der Waals surface area contributed by atoms with Crippen molar-refractivity contribution in [3.8, 4) is 0 Å². The monoisotopic (exact) mass is 355 g/mol. The van der Waals surface area contributed by atoms with Crippen LogP contribution in [0.3, 0.4) is 0 Å². The highest BCUT2D eigenvalue weighted by Crippen LogP contribution is 2.31. The number of ether oxygens (including phenoxy) is 2. The van der Waals surface area contributed by atoms with Crippen LogP contribution in [0.2, 0.25) is 0 Å². The van der Waals surface area contributed by atoms with Gasteiger partial charge in [-0.25, -0.2) is 0 Å². The van der Waals surface area contributed by atoms with Gasteiger partial charge in [0.05, 0.1) is 0 Å². The van der Waals surface area contributed by atoms with Crippen molar-refractivity contribution in [2.45, 2.75) is 97.2 Å². The molecule has 0 amide bonds. The van der Waals surface area contributed by atoms with Crippen molar-refractivity contribution < 1.29 is 9.47 Å². The van der Waals surface area contributed by atoms with E-state index in [-0.39, 0.29) is 0 Å². The molecule has 1 aliphatic heterocycles. The van der Waals surface area contributed by atoms with Crippen molar-refractivity contribution in [3.05, 3.63) is 0 Å². The van der Waals surface area contributed by atoms with Gasteiger partial charge in [0.15, 0.2) is 5.79 Å². The highest BCUT2D eigenvalue weighted by atomic mass is 16.7. The molecule has 0 aromatic heterocycles. The van der Waals surface area contributed by atoms with Crippen LogP contribution in [0.15, 0.2) is 0 Å². The second kappa shape index (κ2) is 13.1. The van der Waals surface area contributed by atoms with Crippen LogP contribution >= 0.6 is 0 Å². The highest BCUT2D eigenvalue weighted by molar-refractivity contribution is 4.77. The average Bonchev–Trinajstić information content (AvgIpc) is 2.64. The molecule has 0 N–H and O–H groups in total. The Bertz CT molecular complexity index is 309. The molecule has 0 aromatic rings. The summed E-state index contributed by atoms with van der Waals surface area (Å²) in [5, 5.41) is 0. The number of hydrogen-bond acceptors (Lipinski definition) is 3. The van der Waals surface area contributed by atoms with E-state index >= 15 is 0 Å². The van der Waals surface area contributed by atoms with Gasteiger partial charge in [-0.15, -0.1) is 0 Å². The summed E-state index contributed by atoms with van der Waals surface area (Å²) < 4.78 is 11.5. The summed E-state index contributed by atoms with van der Waals surface area (Å²) >= 11 is 0. The highest BCUT2D eigenvalue weighted by Gasteiger charge is 2.33. The van der Waals surface area contributed by atoms with E-state index in [1.165, 1.54) is 90.3 Å². The molecule has 1 saturated heterocycles. The minimum Gasteiger partial charge on any atom is -0.353 e. The third-order valence-electron chi connectivity index (χ3n) is 6.36. The van der Waals surface area contributed by atoms with E-state index in [2.05, 4.69) is 25.7 Å². The number of rotatable bonds is 14. The number of nitrogens with zero attached hydrogens (tertiary/aromatic N) is 1. The fourth-order valence-electron chi connectivity index (χ4n) is 4.10. The number of methoxy groups -OCH3 is 2. The quantitative estimate of drug-likeness (QED) is 0.287. The zero-order chi connectivity index (χ0) is 18.5. The first-order valence-corrected chi connectivity index (χ1v) is 10.9. The van der Waals surface area contributed by atoms with Gasteiger partial charge in [0.25, 0.3) is 0 Å². The van der Waals surface area contributed by atoms with Gasteiger partial charge in [-0.2, -0.15) is 0 Å². The second-order valence-corrected chi connectivity index (χ2v) is 8.34. The molecule has 0 aromatic carbocycles. The molecule has 1 aliphatic rings. The summed E-state index contributed by atoms with van der Waals surface area (Å²) in [6, 6.07) is 0. The molecular formula is C22H45NO2. The number of piperidine rings is 1. The molecule has 1 unspecified atom stereocenters. The van der Waals surface area contributed by atoms with Crippen LogP contribution in [0.5, 0.6) is 0 Å². The molecule has 1 heterocycles. The molecule has 0 saturated carbocycles. The van der Waals surface area contributed by atoms with E-state index in [9.17, 15) is 0 Å². The lowest BCUT2D eigenvalue weighted by Gasteiger charge is -2.36. The zero-order valence-electron chi connectivity index (χ0n) is 17.8. The molecule has 150 valence electrons. The molecule has 0 radical (unpaired) electrons. The van der Waals surface area contributed by atoms with Crippen LogP contribution < -0.4 is 0 Å². The SMILES string of the molecule is CCCCCCCCC(CCCN1CCC(C)CC1)C(C)(OC)OC. The fraction of sp³-hybridized carbons (Fsp3) is 1.00. The van der Waals surface area contributed by atoms with Gasteiger partial charge >= 0.3 is 0 Å². The Morgan fingerprint density at radius 2 is 1.48 bits per heavy atom. The summed E-state index contributed by atoms with van der Waals surface area (Å²) in [5.41, 5.74) is 0. The first-order chi connectivity index (χ1) is 12.1. The average molecular weight is 356 g/mol. The van der Waals surface area contributed by atoms with E-state index in [1.54, 1.807) is 14.2 Å². The van der Waals surface area contributed by atoms with Gasteiger partial charge in [0.2, 0.25) is 0 Å². The molecule has 1 rings (SSSR count). The Morgan fingerprint density at radius 3 is 2.08 bits per heavy atom. The minimum absolute atomic E-state index is 0.431. The number of likely N-dealkylation sites (tertiary alicyclic amines) is 1. The standard InChI is InChI=1S/C22H45NO2/c1-6-7-8-9-10-11-13-21(22(3,24-4)25-5)14-12-17-23-18-15-20(2)16-19-23/h20-21H,6-19H2,1-5H3. The normalized spacial score (nSPS) is 18.6. The van der Waals surface area contributed by atoms with E-state index in [0.717, 1.165) is 5.92 Å². The molecule has 1 fully saturated rings. The Labute approximate surface area is 157 Å². The van der Waals surface area contributed by atoms with E-state index in [0.29, 0.717) is 5.92 Å². The maximum Gasteiger partial charge on any atom is 0.167 e. The van der Waals surface area contributed by atoms with Gasteiger partial charge in [-0.05, 0) is 64.6 Å². The lowest BCUT2D eigenvalue weighted by molar-refractivity contribution is -0.230. The third kappa shape index (κ3) is 8.88. The minimum atomic E-state index is -0.431. The Kier molecular flexibility index (Phi) is 12.0. The summed E-state index contributed by atoms with van der Waals surface area (Å²) in [7, 11) is 3.59. The summed E-state index contributed by atoms with van der Waals surface area (Å²) in [6.07, 6.45) is 14.6. The van der Waals surface area contributed by atoms with Crippen molar-refractivity contribution in [2.24, 2.45) is 11.8 Å². The first kappa shape index (κ1) is 22.9. The third-order valence-corrected chi connectivity index (χ3v) is 6.36. The molecule has 0 bridgehead atoms.